The zero-order valence-corrected chi connectivity index (χ0v) is 20.8. The van der Waals surface area contributed by atoms with Gasteiger partial charge in [0.2, 0.25) is 5.95 Å². The maximum atomic E-state index is 13.7. The average Bonchev–Trinajstić information content (AvgIpc) is 3.40. The van der Waals surface area contributed by atoms with Gasteiger partial charge in [0.1, 0.15) is 0 Å². The van der Waals surface area contributed by atoms with E-state index >= 15 is 0 Å². The molecule has 0 aliphatic carbocycles. The monoisotopic (exact) mass is 526 g/mol. The molecule has 0 spiro atoms. The summed E-state index contributed by atoms with van der Waals surface area (Å²) in [6, 6.07) is 29.7. The molecule has 1 atom stereocenters. The van der Waals surface area contributed by atoms with Gasteiger partial charge in [-0.1, -0.05) is 66.7 Å². The van der Waals surface area contributed by atoms with Gasteiger partial charge in [-0.05, 0) is 47.9 Å². The van der Waals surface area contributed by atoms with E-state index in [-0.39, 0.29) is 24.3 Å². The van der Waals surface area contributed by atoms with Crippen LogP contribution in [0.4, 0.5) is 16.4 Å². The highest BCUT2D eigenvalue weighted by Gasteiger charge is 2.50. The van der Waals surface area contributed by atoms with Crippen LogP contribution in [0.3, 0.4) is 0 Å². The summed E-state index contributed by atoms with van der Waals surface area (Å²) < 4.78 is 0. The molecule has 6 rings (SSSR count). The number of H-pyrrole nitrogens is 1. The highest BCUT2D eigenvalue weighted by molar-refractivity contribution is 6.12. The molecule has 1 aliphatic rings. The highest BCUT2D eigenvalue weighted by Crippen LogP contribution is 2.45. The van der Waals surface area contributed by atoms with Gasteiger partial charge in [-0.3, -0.25) is 15.0 Å². The maximum Gasteiger partial charge on any atom is 0.411 e. The van der Waals surface area contributed by atoms with Crippen molar-refractivity contribution in [2.45, 2.75) is 12.1 Å². The van der Waals surface area contributed by atoms with Crippen LogP contribution in [-0.4, -0.2) is 32.2 Å². The van der Waals surface area contributed by atoms with Crippen LogP contribution in [0.1, 0.15) is 32.6 Å². The molecule has 1 unspecified atom stereocenters. The van der Waals surface area contributed by atoms with Gasteiger partial charge in [-0.25, -0.2) is 9.78 Å². The SMILES string of the molecule is Cl.O=C(O)Nc1nc2ccc(C3(O)c4ccccc4C(=O)N3c3cccc(Cc4ccccc4)c3)cc2[nH]1. The molecule has 0 saturated carbocycles. The number of nitrogens with zero attached hydrogens (tertiary/aromatic N) is 2. The van der Waals surface area contributed by atoms with Gasteiger partial charge in [0.25, 0.3) is 5.91 Å². The Labute approximate surface area is 224 Å². The van der Waals surface area contributed by atoms with Crippen molar-refractivity contribution in [2.75, 3.05) is 10.2 Å². The van der Waals surface area contributed by atoms with Crippen LogP contribution in [0.5, 0.6) is 0 Å². The molecule has 2 amide bonds. The van der Waals surface area contributed by atoms with Crippen LogP contribution < -0.4 is 10.2 Å². The number of carboxylic acid groups (broad SMARTS) is 1. The number of hydrogen-bond donors (Lipinski definition) is 4. The second kappa shape index (κ2) is 9.66. The zero-order valence-electron chi connectivity index (χ0n) is 20.0. The Kier molecular flexibility index (Phi) is 6.36. The summed E-state index contributed by atoms with van der Waals surface area (Å²) in [5.74, 6) is -0.243. The fraction of sp³-hybridized carbons (Fsp3) is 0.0690. The molecule has 9 heteroatoms. The average molecular weight is 527 g/mol. The van der Waals surface area contributed by atoms with Gasteiger partial charge in [0.15, 0.2) is 5.72 Å². The topological polar surface area (TPSA) is 119 Å². The molecule has 0 saturated heterocycles. The second-order valence-corrected chi connectivity index (χ2v) is 8.94. The first kappa shape index (κ1) is 25.0. The number of carbonyl (C=O) groups is 2. The summed E-state index contributed by atoms with van der Waals surface area (Å²) in [6.45, 7) is 0. The first-order valence-corrected chi connectivity index (χ1v) is 11.7. The highest BCUT2D eigenvalue weighted by atomic mass is 35.5. The number of halogens is 1. The lowest BCUT2D eigenvalue weighted by molar-refractivity contribution is 0.0704. The Morgan fingerprint density at radius 3 is 2.45 bits per heavy atom. The van der Waals surface area contributed by atoms with Gasteiger partial charge in [-0.15, -0.1) is 12.4 Å². The van der Waals surface area contributed by atoms with E-state index < -0.39 is 11.8 Å². The third-order valence-corrected chi connectivity index (χ3v) is 6.59. The summed E-state index contributed by atoms with van der Waals surface area (Å²) in [7, 11) is 0. The van der Waals surface area contributed by atoms with Crippen molar-refractivity contribution in [1.82, 2.24) is 9.97 Å². The van der Waals surface area contributed by atoms with E-state index in [0.29, 0.717) is 39.8 Å². The Balaban J connectivity index is 0.00000294. The number of nitrogens with one attached hydrogen (secondary N) is 2. The zero-order chi connectivity index (χ0) is 25.6. The van der Waals surface area contributed by atoms with E-state index in [4.69, 9.17) is 5.11 Å². The molecular formula is C29H23ClN4O4. The Bertz CT molecular complexity index is 1670. The fourth-order valence-corrected chi connectivity index (χ4v) is 4.97. The molecule has 4 N–H and O–H groups in total. The van der Waals surface area contributed by atoms with Crippen molar-refractivity contribution >= 4 is 47.1 Å². The number of aromatic nitrogens is 2. The summed E-state index contributed by atoms with van der Waals surface area (Å²) >= 11 is 0. The number of aromatic amines is 1. The molecule has 0 bridgehead atoms. The minimum atomic E-state index is -1.79. The van der Waals surface area contributed by atoms with Gasteiger partial charge in [-0.2, -0.15) is 0 Å². The van der Waals surface area contributed by atoms with Crippen molar-refractivity contribution < 1.29 is 19.8 Å². The van der Waals surface area contributed by atoms with Crippen LogP contribution >= 0.6 is 12.4 Å². The number of benzene rings is 4. The van der Waals surface area contributed by atoms with Gasteiger partial charge in [0.05, 0.1) is 11.0 Å². The van der Waals surface area contributed by atoms with Crippen LogP contribution in [0.15, 0.2) is 97.1 Å². The summed E-state index contributed by atoms with van der Waals surface area (Å²) in [5.41, 5.74) is 3.28. The first-order chi connectivity index (χ1) is 17.9. The lowest BCUT2D eigenvalue weighted by Crippen LogP contribution is -2.45. The number of aliphatic hydroxyl groups is 1. The van der Waals surface area contributed by atoms with Crippen LogP contribution in [0, 0.1) is 0 Å². The number of amides is 2. The van der Waals surface area contributed by atoms with E-state index in [2.05, 4.69) is 15.3 Å². The molecule has 2 heterocycles. The van der Waals surface area contributed by atoms with Gasteiger partial charge in [0, 0.05) is 22.4 Å². The molecule has 1 aromatic heterocycles. The Hall–Kier alpha value is -4.66. The van der Waals surface area contributed by atoms with Crippen molar-refractivity contribution in [3.05, 3.63) is 125 Å². The minimum Gasteiger partial charge on any atom is -0.465 e. The second-order valence-electron chi connectivity index (χ2n) is 8.94. The molecule has 38 heavy (non-hydrogen) atoms. The van der Waals surface area contributed by atoms with Crippen LogP contribution in [-0.2, 0) is 12.1 Å². The predicted molar refractivity (Wildman–Crippen MR) is 147 cm³/mol. The third kappa shape index (κ3) is 4.15. The maximum absolute atomic E-state index is 13.7. The smallest absolute Gasteiger partial charge is 0.411 e. The molecule has 5 aromatic rings. The molecular weight excluding hydrogens is 504 g/mol. The summed E-state index contributed by atoms with van der Waals surface area (Å²) in [5, 5.41) is 23.6. The molecule has 190 valence electrons. The largest absolute Gasteiger partial charge is 0.465 e. The fourth-order valence-electron chi connectivity index (χ4n) is 4.97. The number of hydrogen-bond acceptors (Lipinski definition) is 4. The summed E-state index contributed by atoms with van der Waals surface area (Å²) in [4.78, 5) is 33.3. The molecule has 1 aliphatic heterocycles. The normalized spacial score (nSPS) is 16.2. The number of anilines is 2. The predicted octanol–water partition coefficient (Wildman–Crippen LogP) is 5.52. The van der Waals surface area contributed by atoms with Crippen molar-refractivity contribution in [3.63, 3.8) is 0 Å². The number of rotatable bonds is 5. The van der Waals surface area contributed by atoms with E-state index in [1.807, 2.05) is 54.6 Å². The number of fused-ring (bicyclic) bond motifs is 2. The summed E-state index contributed by atoms with van der Waals surface area (Å²) in [6.07, 6.45) is -0.559. The van der Waals surface area contributed by atoms with E-state index in [1.54, 1.807) is 42.5 Å². The quantitative estimate of drug-likeness (QED) is 0.240. The third-order valence-electron chi connectivity index (χ3n) is 6.59. The van der Waals surface area contributed by atoms with E-state index in [1.165, 1.54) is 4.90 Å². The van der Waals surface area contributed by atoms with Crippen LogP contribution in [0.2, 0.25) is 0 Å². The Morgan fingerprint density at radius 1 is 0.921 bits per heavy atom. The standard InChI is InChI=1S/C29H22N4O4.ClH/c34-26-22-11-4-5-12-23(22)29(37,20-13-14-24-25(17-20)31-27(30-24)32-28(35)36)33(26)21-10-6-9-19(16-21)15-18-7-2-1-3-8-18;/h1-14,16-17,37H,15H2,(H,35,36)(H2,30,31,32);1H. The van der Waals surface area contributed by atoms with E-state index in [0.717, 1.165) is 11.1 Å². The minimum absolute atomic E-state index is 0. The lowest BCUT2D eigenvalue weighted by Gasteiger charge is -2.35. The van der Waals surface area contributed by atoms with Gasteiger partial charge >= 0.3 is 6.09 Å². The molecule has 0 fully saturated rings. The van der Waals surface area contributed by atoms with Gasteiger partial charge < -0.3 is 15.2 Å². The van der Waals surface area contributed by atoms with Crippen LogP contribution in [0.25, 0.3) is 11.0 Å². The lowest BCUT2D eigenvalue weighted by atomic mass is 9.93. The van der Waals surface area contributed by atoms with Crippen molar-refractivity contribution in [3.8, 4) is 0 Å². The molecule has 8 nitrogen and oxygen atoms in total. The molecule has 0 radical (unpaired) electrons. The number of carbonyl (C=O) groups excluding carboxylic acids is 1. The van der Waals surface area contributed by atoms with Crippen molar-refractivity contribution in [1.29, 1.82) is 0 Å². The Morgan fingerprint density at radius 2 is 1.66 bits per heavy atom. The van der Waals surface area contributed by atoms with E-state index in [9.17, 15) is 14.7 Å². The number of imidazole rings is 1. The first-order valence-electron chi connectivity index (χ1n) is 11.7. The molecule has 4 aromatic carbocycles. The van der Waals surface area contributed by atoms with Crippen molar-refractivity contribution in [2.24, 2.45) is 0 Å².